The fraction of sp³-hybridized carbons (Fsp3) is 0.353. The van der Waals surface area contributed by atoms with Crippen molar-refractivity contribution in [3.05, 3.63) is 119 Å². The standard InChI is InChI=1S/C34H40N2O5/c1-26-4-6-27(7-5-26)24-36(19-18-35-20-22-40-23-21-35)25-32-16-17-33(41-32)34(37,28-8-12-30(38-2)13-9-28)29-10-14-31(39-3)15-11-29/h4-17,37H,18-25H2,1-3H3. The Balaban J connectivity index is 1.42. The van der Waals surface area contributed by atoms with E-state index < -0.39 is 5.60 Å². The Labute approximate surface area is 242 Å². The Bertz CT molecular complexity index is 1310. The predicted octanol–water partition coefficient (Wildman–Crippen LogP) is 5.22. The van der Waals surface area contributed by atoms with Crippen LogP contribution >= 0.6 is 0 Å². The zero-order chi connectivity index (χ0) is 28.7. The van der Waals surface area contributed by atoms with E-state index in [2.05, 4.69) is 41.0 Å². The third-order valence-corrected chi connectivity index (χ3v) is 7.78. The molecule has 41 heavy (non-hydrogen) atoms. The van der Waals surface area contributed by atoms with Crippen molar-refractivity contribution >= 4 is 0 Å². The molecule has 2 heterocycles. The van der Waals surface area contributed by atoms with Crippen LogP contribution in [0.25, 0.3) is 0 Å². The van der Waals surface area contributed by atoms with E-state index in [9.17, 15) is 5.11 Å². The number of aliphatic hydroxyl groups is 1. The van der Waals surface area contributed by atoms with Crippen LogP contribution in [0.1, 0.15) is 33.8 Å². The molecule has 1 N–H and O–H groups in total. The Kier molecular flexibility index (Phi) is 9.42. The molecule has 0 unspecified atom stereocenters. The summed E-state index contributed by atoms with van der Waals surface area (Å²) < 4.78 is 22.7. The smallest absolute Gasteiger partial charge is 0.173 e. The van der Waals surface area contributed by atoms with Gasteiger partial charge in [-0.3, -0.25) is 9.80 Å². The van der Waals surface area contributed by atoms with Crippen molar-refractivity contribution in [3.8, 4) is 11.5 Å². The van der Waals surface area contributed by atoms with Gasteiger partial charge in [-0.05, 0) is 60.0 Å². The molecule has 5 rings (SSSR count). The average molecular weight is 557 g/mol. The molecule has 1 saturated heterocycles. The molecule has 4 aromatic rings. The number of hydrogen-bond acceptors (Lipinski definition) is 7. The molecule has 0 aliphatic carbocycles. The van der Waals surface area contributed by atoms with Crippen LogP contribution < -0.4 is 9.47 Å². The monoisotopic (exact) mass is 556 g/mol. The molecule has 1 aliphatic rings. The molecular weight excluding hydrogens is 516 g/mol. The van der Waals surface area contributed by atoms with E-state index in [4.69, 9.17) is 18.6 Å². The third-order valence-electron chi connectivity index (χ3n) is 7.78. The molecule has 0 bridgehead atoms. The normalized spacial score (nSPS) is 14.4. The summed E-state index contributed by atoms with van der Waals surface area (Å²) in [5.41, 5.74) is 2.39. The first-order chi connectivity index (χ1) is 20.0. The number of rotatable bonds is 12. The number of hydrogen-bond donors (Lipinski definition) is 1. The zero-order valence-corrected chi connectivity index (χ0v) is 24.2. The fourth-order valence-corrected chi connectivity index (χ4v) is 5.27. The third kappa shape index (κ3) is 7.00. The minimum absolute atomic E-state index is 0.464. The summed E-state index contributed by atoms with van der Waals surface area (Å²) in [6.07, 6.45) is 0. The number of morpholine rings is 1. The SMILES string of the molecule is COc1ccc(C(O)(c2ccc(OC)cc2)c2ccc(CN(CCN3CCOCC3)Cc3ccc(C)cc3)o2)cc1. The van der Waals surface area contributed by atoms with Crippen molar-refractivity contribution in [1.82, 2.24) is 9.80 Å². The van der Waals surface area contributed by atoms with E-state index in [0.717, 1.165) is 63.2 Å². The van der Waals surface area contributed by atoms with Crippen molar-refractivity contribution in [3.63, 3.8) is 0 Å². The average Bonchev–Trinajstić information content (AvgIpc) is 3.50. The molecule has 0 radical (unpaired) electrons. The number of furan rings is 1. The van der Waals surface area contributed by atoms with Crippen molar-refractivity contribution in [2.75, 3.05) is 53.6 Å². The minimum atomic E-state index is -1.49. The van der Waals surface area contributed by atoms with E-state index in [1.54, 1.807) is 14.2 Å². The van der Waals surface area contributed by atoms with Gasteiger partial charge >= 0.3 is 0 Å². The lowest BCUT2D eigenvalue weighted by Crippen LogP contribution is -2.41. The number of ether oxygens (including phenoxy) is 3. The molecule has 0 saturated carbocycles. The van der Waals surface area contributed by atoms with Crippen LogP contribution in [0.3, 0.4) is 0 Å². The summed E-state index contributed by atoms with van der Waals surface area (Å²) in [4.78, 5) is 4.86. The van der Waals surface area contributed by atoms with Gasteiger partial charge in [-0.25, -0.2) is 0 Å². The quantitative estimate of drug-likeness (QED) is 0.257. The van der Waals surface area contributed by atoms with Gasteiger partial charge in [-0.15, -0.1) is 0 Å². The van der Waals surface area contributed by atoms with Gasteiger partial charge in [-0.1, -0.05) is 54.1 Å². The molecule has 1 aromatic heterocycles. The number of methoxy groups -OCH3 is 2. The molecule has 3 aromatic carbocycles. The molecule has 1 aliphatic heterocycles. The highest BCUT2D eigenvalue weighted by molar-refractivity contribution is 5.46. The van der Waals surface area contributed by atoms with Gasteiger partial charge in [0.1, 0.15) is 23.0 Å². The van der Waals surface area contributed by atoms with Gasteiger partial charge in [-0.2, -0.15) is 0 Å². The van der Waals surface area contributed by atoms with E-state index in [-0.39, 0.29) is 0 Å². The molecule has 0 atom stereocenters. The summed E-state index contributed by atoms with van der Waals surface area (Å²) in [5.74, 6) is 2.71. The highest BCUT2D eigenvalue weighted by atomic mass is 16.5. The van der Waals surface area contributed by atoms with Crippen LogP contribution in [0.4, 0.5) is 0 Å². The van der Waals surface area contributed by atoms with Gasteiger partial charge in [0, 0.05) is 32.7 Å². The zero-order valence-electron chi connectivity index (χ0n) is 24.2. The summed E-state index contributed by atoms with van der Waals surface area (Å²) in [6.45, 7) is 8.89. The molecular formula is C34H40N2O5. The van der Waals surface area contributed by atoms with Crippen LogP contribution in [0, 0.1) is 6.92 Å². The first kappa shape index (κ1) is 28.9. The molecule has 216 valence electrons. The van der Waals surface area contributed by atoms with Gasteiger partial charge < -0.3 is 23.7 Å². The Hall–Kier alpha value is -3.62. The predicted molar refractivity (Wildman–Crippen MR) is 159 cm³/mol. The van der Waals surface area contributed by atoms with Crippen molar-refractivity contribution in [2.24, 2.45) is 0 Å². The van der Waals surface area contributed by atoms with Crippen LogP contribution in [-0.4, -0.2) is 68.5 Å². The lowest BCUT2D eigenvalue weighted by Gasteiger charge is -2.30. The molecule has 7 nitrogen and oxygen atoms in total. The highest BCUT2D eigenvalue weighted by Gasteiger charge is 2.37. The number of benzene rings is 3. The van der Waals surface area contributed by atoms with Gasteiger partial charge in [0.25, 0.3) is 0 Å². The number of nitrogens with zero attached hydrogens (tertiary/aromatic N) is 2. The molecule has 1 fully saturated rings. The van der Waals surface area contributed by atoms with E-state index in [0.29, 0.717) is 23.4 Å². The largest absolute Gasteiger partial charge is 0.497 e. The van der Waals surface area contributed by atoms with Crippen LogP contribution in [0.5, 0.6) is 11.5 Å². The Morgan fingerprint density at radius 3 is 1.93 bits per heavy atom. The summed E-state index contributed by atoms with van der Waals surface area (Å²) in [7, 11) is 3.26. The second kappa shape index (κ2) is 13.4. The van der Waals surface area contributed by atoms with Gasteiger partial charge in [0.2, 0.25) is 0 Å². The van der Waals surface area contributed by atoms with Crippen LogP contribution in [0.15, 0.2) is 89.3 Å². The van der Waals surface area contributed by atoms with Crippen LogP contribution in [0.2, 0.25) is 0 Å². The summed E-state index contributed by atoms with van der Waals surface area (Å²) in [5, 5.41) is 12.3. The van der Waals surface area contributed by atoms with E-state index in [1.807, 2.05) is 60.7 Å². The lowest BCUT2D eigenvalue weighted by atomic mass is 9.84. The second-order valence-corrected chi connectivity index (χ2v) is 10.6. The topological polar surface area (TPSA) is 67.5 Å². The van der Waals surface area contributed by atoms with Crippen molar-refractivity contribution in [1.29, 1.82) is 0 Å². The molecule has 0 amide bonds. The van der Waals surface area contributed by atoms with Crippen molar-refractivity contribution in [2.45, 2.75) is 25.6 Å². The molecule has 0 spiro atoms. The maximum atomic E-state index is 12.3. The lowest BCUT2D eigenvalue weighted by molar-refractivity contribution is 0.0319. The fourth-order valence-electron chi connectivity index (χ4n) is 5.27. The summed E-state index contributed by atoms with van der Waals surface area (Å²) >= 11 is 0. The van der Waals surface area contributed by atoms with Crippen molar-refractivity contribution < 1.29 is 23.7 Å². The first-order valence-corrected chi connectivity index (χ1v) is 14.2. The first-order valence-electron chi connectivity index (χ1n) is 14.2. The summed E-state index contributed by atoms with van der Waals surface area (Å²) in [6, 6.07) is 27.4. The second-order valence-electron chi connectivity index (χ2n) is 10.6. The maximum absolute atomic E-state index is 12.3. The van der Waals surface area contributed by atoms with Gasteiger partial charge in [0.15, 0.2) is 5.60 Å². The Morgan fingerprint density at radius 2 is 1.37 bits per heavy atom. The molecule has 7 heteroatoms. The highest BCUT2D eigenvalue weighted by Crippen LogP contribution is 2.39. The maximum Gasteiger partial charge on any atom is 0.173 e. The van der Waals surface area contributed by atoms with Gasteiger partial charge in [0.05, 0.1) is 34.0 Å². The van der Waals surface area contributed by atoms with Crippen LogP contribution in [-0.2, 0) is 23.4 Å². The number of aryl methyl sites for hydroxylation is 1. The Morgan fingerprint density at radius 1 is 0.780 bits per heavy atom. The van der Waals surface area contributed by atoms with E-state index >= 15 is 0 Å². The minimum Gasteiger partial charge on any atom is -0.497 e. The van der Waals surface area contributed by atoms with E-state index in [1.165, 1.54) is 11.1 Å².